The van der Waals surface area contributed by atoms with Crippen LogP contribution in [0.3, 0.4) is 0 Å². The summed E-state index contributed by atoms with van der Waals surface area (Å²) in [5, 5.41) is 3.41. The van der Waals surface area contributed by atoms with Crippen molar-refractivity contribution in [3.63, 3.8) is 0 Å². The Morgan fingerprint density at radius 1 is 1.22 bits per heavy atom. The van der Waals surface area contributed by atoms with Gasteiger partial charge in [0.05, 0.1) is 7.11 Å². The second-order valence-electron chi connectivity index (χ2n) is 7.26. The van der Waals surface area contributed by atoms with Gasteiger partial charge in [0.2, 0.25) is 0 Å². The summed E-state index contributed by atoms with van der Waals surface area (Å²) in [6.45, 7) is 5.30. The molecule has 0 aromatic heterocycles. The van der Waals surface area contributed by atoms with Gasteiger partial charge >= 0.3 is 0 Å². The third kappa shape index (κ3) is 7.37. The maximum absolute atomic E-state index is 13.8. The number of benzene rings is 1. The minimum Gasteiger partial charge on any atom is -0.494 e. The lowest BCUT2D eigenvalue weighted by Gasteiger charge is -2.26. The van der Waals surface area contributed by atoms with Gasteiger partial charge in [-0.15, -0.1) is 0 Å². The van der Waals surface area contributed by atoms with E-state index in [-0.39, 0.29) is 11.6 Å². The minimum absolute atomic E-state index is 0.272. The number of guanidine groups is 1. The topological polar surface area (TPSA) is 40.1 Å². The zero-order valence-corrected chi connectivity index (χ0v) is 17.1. The summed E-state index contributed by atoms with van der Waals surface area (Å²) in [5.74, 6) is 0.774. The Morgan fingerprint density at radius 3 is 2.67 bits per heavy atom. The fourth-order valence-electron chi connectivity index (χ4n) is 3.56. The van der Waals surface area contributed by atoms with E-state index < -0.39 is 0 Å². The van der Waals surface area contributed by atoms with Crippen LogP contribution in [0, 0.1) is 5.82 Å². The zero-order chi connectivity index (χ0) is 19.5. The molecule has 5 nitrogen and oxygen atoms in total. The summed E-state index contributed by atoms with van der Waals surface area (Å²) in [6, 6.07) is 5.06. The third-order valence-electron chi connectivity index (χ3n) is 5.09. The Balaban J connectivity index is 1.65. The van der Waals surface area contributed by atoms with Gasteiger partial charge in [-0.25, -0.2) is 4.39 Å². The van der Waals surface area contributed by atoms with Gasteiger partial charge in [-0.05, 0) is 63.0 Å². The van der Waals surface area contributed by atoms with Crippen molar-refractivity contribution in [2.45, 2.75) is 45.1 Å². The van der Waals surface area contributed by atoms with E-state index in [9.17, 15) is 4.39 Å². The Labute approximate surface area is 163 Å². The first-order valence-corrected chi connectivity index (χ1v) is 10.1. The molecule has 0 radical (unpaired) electrons. The van der Waals surface area contributed by atoms with Crippen LogP contribution in [-0.4, -0.2) is 63.1 Å². The van der Waals surface area contributed by atoms with Crippen molar-refractivity contribution in [3.8, 4) is 5.75 Å². The maximum Gasteiger partial charge on any atom is 0.193 e. The van der Waals surface area contributed by atoms with Crippen molar-refractivity contribution >= 4 is 5.96 Å². The molecule has 1 aromatic carbocycles. The molecule has 6 heteroatoms. The van der Waals surface area contributed by atoms with E-state index in [1.165, 1.54) is 64.9 Å². The highest BCUT2D eigenvalue weighted by atomic mass is 19.1. The summed E-state index contributed by atoms with van der Waals surface area (Å²) >= 11 is 0. The van der Waals surface area contributed by atoms with Gasteiger partial charge in [0.25, 0.3) is 0 Å². The van der Waals surface area contributed by atoms with E-state index in [0.29, 0.717) is 6.54 Å². The molecule has 1 fully saturated rings. The highest BCUT2D eigenvalue weighted by molar-refractivity contribution is 5.79. The molecule has 0 saturated carbocycles. The van der Waals surface area contributed by atoms with Crippen LogP contribution in [0.25, 0.3) is 0 Å². The molecular weight excluding hydrogens is 343 g/mol. The van der Waals surface area contributed by atoms with Crippen molar-refractivity contribution in [2.24, 2.45) is 4.99 Å². The highest BCUT2D eigenvalue weighted by Gasteiger charge is 2.10. The first kappa shape index (κ1) is 21.5. The number of nitrogens with one attached hydrogen (secondary N) is 1. The van der Waals surface area contributed by atoms with Gasteiger partial charge in [-0.2, -0.15) is 0 Å². The summed E-state index contributed by atoms with van der Waals surface area (Å²) in [7, 11) is 5.22. The smallest absolute Gasteiger partial charge is 0.193 e. The van der Waals surface area contributed by atoms with Crippen molar-refractivity contribution in [1.82, 2.24) is 15.1 Å². The normalized spacial score (nSPS) is 15.6. The molecular formula is C21H35FN4O. The standard InChI is InChI=1S/C21H35FN4O/c1-23-21(24-12-6-4-7-13-26-14-8-5-9-15-26)25(2)17-18-10-11-20(27-3)19(22)16-18/h10-11,16H,4-9,12-15,17H2,1-3H3,(H,23,24). The van der Waals surface area contributed by atoms with Crippen LogP contribution in [0.15, 0.2) is 23.2 Å². The molecule has 0 unspecified atom stereocenters. The van der Waals surface area contributed by atoms with Gasteiger partial charge in [-0.3, -0.25) is 4.99 Å². The molecule has 1 saturated heterocycles. The number of aliphatic imine (C=N–C) groups is 1. The van der Waals surface area contributed by atoms with Crippen molar-refractivity contribution in [1.29, 1.82) is 0 Å². The summed E-state index contributed by atoms with van der Waals surface area (Å²) in [5.41, 5.74) is 0.889. The molecule has 1 heterocycles. The van der Waals surface area contributed by atoms with E-state index in [1.54, 1.807) is 13.1 Å². The molecule has 1 aromatic rings. The number of methoxy groups -OCH3 is 1. The Morgan fingerprint density at radius 2 is 2.00 bits per heavy atom. The number of unbranched alkanes of at least 4 members (excludes halogenated alkanes) is 2. The van der Waals surface area contributed by atoms with Gasteiger partial charge in [0.15, 0.2) is 17.5 Å². The molecule has 0 amide bonds. The predicted molar refractivity (Wildman–Crippen MR) is 110 cm³/mol. The third-order valence-corrected chi connectivity index (χ3v) is 5.09. The number of hydrogen-bond acceptors (Lipinski definition) is 3. The van der Waals surface area contributed by atoms with Crippen LogP contribution < -0.4 is 10.1 Å². The number of hydrogen-bond donors (Lipinski definition) is 1. The maximum atomic E-state index is 13.8. The molecule has 0 bridgehead atoms. The SMILES string of the molecule is CN=C(NCCCCCN1CCCCC1)N(C)Cc1ccc(OC)c(F)c1. The van der Waals surface area contributed by atoms with Crippen LogP contribution in [0.4, 0.5) is 4.39 Å². The summed E-state index contributed by atoms with van der Waals surface area (Å²) in [4.78, 5) is 8.94. The van der Waals surface area contributed by atoms with Crippen LogP contribution in [-0.2, 0) is 6.54 Å². The molecule has 0 spiro atoms. The Hall–Kier alpha value is -1.82. The lowest BCUT2D eigenvalue weighted by Crippen LogP contribution is -2.39. The van der Waals surface area contributed by atoms with E-state index in [4.69, 9.17) is 4.74 Å². The molecule has 1 N–H and O–H groups in total. The monoisotopic (exact) mass is 378 g/mol. The fraction of sp³-hybridized carbons (Fsp3) is 0.667. The van der Waals surface area contributed by atoms with Crippen molar-refractivity contribution in [2.75, 3.05) is 47.4 Å². The van der Waals surface area contributed by atoms with Crippen LogP contribution in [0.2, 0.25) is 0 Å². The summed E-state index contributed by atoms with van der Waals surface area (Å²) in [6.07, 6.45) is 7.76. The first-order valence-electron chi connectivity index (χ1n) is 10.1. The van der Waals surface area contributed by atoms with E-state index in [2.05, 4.69) is 15.2 Å². The predicted octanol–water partition coefficient (Wildman–Crippen LogP) is 3.50. The van der Waals surface area contributed by atoms with Crippen molar-refractivity contribution < 1.29 is 9.13 Å². The highest BCUT2D eigenvalue weighted by Crippen LogP contribution is 2.18. The first-order chi connectivity index (χ1) is 13.1. The van der Waals surface area contributed by atoms with E-state index in [0.717, 1.165) is 24.5 Å². The van der Waals surface area contributed by atoms with E-state index in [1.807, 2.05) is 18.0 Å². The molecule has 1 aliphatic heterocycles. The number of nitrogens with zero attached hydrogens (tertiary/aromatic N) is 3. The quantitative estimate of drug-likeness (QED) is 0.406. The molecule has 1 aliphatic rings. The van der Waals surface area contributed by atoms with E-state index >= 15 is 0 Å². The molecule has 2 rings (SSSR count). The average Bonchev–Trinajstić information content (AvgIpc) is 2.68. The molecule has 0 aliphatic carbocycles. The van der Waals surface area contributed by atoms with Crippen LogP contribution >= 0.6 is 0 Å². The number of piperidine rings is 1. The second-order valence-corrected chi connectivity index (χ2v) is 7.26. The minimum atomic E-state index is -0.333. The Kier molecular flexibility index (Phi) is 9.39. The number of rotatable bonds is 9. The van der Waals surface area contributed by atoms with Gasteiger partial charge in [0, 0.05) is 27.2 Å². The largest absolute Gasteiger partial charge is 0.494 e. The van der Waals surface area contributed by atoms with Gasteiger partial charge in [0.1, 0.15) is 0 Å². The van der Waals surface area contributed by atoms with Crippen molar-refractivity contribution in [3.05, 3.63) is 29.6 Å². The average molecular weight is 379 g/mol. The lowest BCUT2D eigenvalue weighted by molar-refractivity contribution is 0.224. The lowest BCUT2D eigenvalue weighted by atomic mass is 10.1. The molecule has 27 heavy (non-hydrogen) atoms. The summed E-state index contributed by atoms with van der Waals surface area (Å²) < 4.78 is 18.8. The molecule has 0 atom stereocenters. The van der Waals surface area contributed by atoms with Crippen LogP contribution in [0.5, 0.6) is 5.75 Å². The van der Waals surface area contributed by atoms with Gasteiger partial charge in [-0.1, -0.05) is 18.9 Å². The number of likely N-dealkylation sites (tertiary alicyclic amines) is 1. The molecule has 152 valence electrons. The fourth-order valence-corrected chi connectivity index (χ4v) is 3.56. The van der Waals surface area contributed by atoms with Crippen LogP contribution in [0.1, 0.15) is 44.1 Å². The Bertz CT molecular complexity index is 588. The van der Waals surface area contributed by atoms with Gasteiger partial charge < -0.3 is 19.9 Å². The second kappa shape index (κ2) is 11.8. The number of ether oxygens (including phenoxy) is 1. The number of halogens is 1. The zero-order valence-electron chi connectivity index (χ0n) is 17.1.